The normalized spacial score (nSPS) is 54.1. The van der Waals surface area contributed by atoms with Crippen LogP contribution in [0, 0.1) is 16.7 Å². The molecule has 1 amide bonds. The second kappa shape index (κ2) is 2.83. The van der Waals surface area contributed by atoms with Gasteiger partial charge in [-0.2, -0.15) is 0 Å². The molecule has 1 N–H and O–H groups in total. The first-order chi connectivity index (χ1) is 7.32. The van der Waals surface area contributed by atoms with E-state index in [4.69, 9.17) is 0 Å². The summed E-state index contributed by atoms with van der Waals surface area (Å²) in [6.07, 6.45) is 7.82. The van der Waals surface area contributed by atoms with E-state index in [0.29, 0.717) is 10.8 Å². The summed E-state index contributed by atoms with van der Waals surface area (Å²) in [6.45, 7) is 6.54. The molecular weight excluding hydrogens is 198 g/mol. The lowest BCUT2D eigenvalue weighted by molar-refractivity contribution is -0.138. The Hall–Kier alpha value is -0.530. The molecule has 0 spiro atoms. The van der Waals surface area contributed by atoms with Crippen LogP contribution in [0.3, 0.4) is 0 Å². The summed E-state index contributed by atoms with van der Waals surface area (Å²) in [5.41, 5.74) is 1.14. The third-order valence-electron chi connectivity index (χ3n) is 5.07. The number of amides is 1. The molecule has 0 saturated heterocycles. The largest absolute Gasteiger partial charge is 0.351 e. The molecule has 4 aliphatic carbocycles. The lowest BCUT2D eigenvalue weighted by Gasteiger charge is -2.65. The van der Waals surface area contributed by atoms with Crippen molar-refractivity contribution in [2.75, 3.05) is 0 Å². The van der Waals surface area contributed by atoms with Gasteiger partial charge in [-0.3, -0.25) is 4.79 Å². The maximum Gasteiger partial charge on any atom is 0.217 e. The van der Waals surface area contributed by atoms with E-state index in [9.17, 15) is 4.79 Å². The Labute approximate surface area is 98.2 Å². The van der Waals surface area contributed by atoms with Crippen molar-refractivity contribution in [1.29, 1.82) is 0 Å². The van der Waals surface area contributed by atoms with Crippen molar-refractivity contribution in [1.82, 2.24) is 5.32 Å². The van der Waals surface area contributed by atoms with Crippen LogP contribution < -0.4 is 5.32 Å². The van der Waals surface area contributed by atoms with Crippen LogP contribution in [0.5, 0.6) is 0 Å². The first-order valence-electron chi connectivity index (χ1n) is 6.61. The molecule has 90 valence electrons. The quantitative estimate of drug-likeness (QED) is 0.725. The Morgan fingerprint density at radius 1 is 1.06 bits per heavy atom. The fourth-order valence-corrected chi connectivity index (χ4v) is 5.96. The summed E-state index contributed by atoms with van der Waals surface area (Å²) in [5.74, 6) is 1.02. The molecule has 16 heavy (non-hydrogen) atoms. The molecule has 0 aromatic carbocycles. The van der Waals surface area contributed by atoms with Crippen molar-refractivity contribution >= 4 is 5.91 Å². The predicted molar refractivity (Wildman–Crippen MR) is 64.0 cm³/mol. The maximum atomic E-state index is 11.4. The van der Waals surface area contributed by atoms with Crippen LogP contribution in [-0.2, 0) is 4.79 Å². The van der Waals surface area contributed by atoms with Gasteiger partial charge >= 0.3 is 0 Å². The van der Waals surface area contributed by atoms with Crippen LogP contribution in [0.4, 0.5) is 0 Å². The molecule has 4 fully saturated rings. The molecule has 0 aromatic heterocycles. The Bertz CT molecular complexity index is 331. The number of hydrogen-bond donors (Lipinski definition) is 1. The van der Waals surface area contributed by atoms with Gasteiger partial charge in [0.15, 0.2) is 0 Å². The van der Waals surface area contributed by atoms with E-state index in [2.05, 4.69) is 19.2 Å². The first-order valence-corrected chi connectivity index (χ1v) is 6.61. The molecule has 2 nitrogen and oxygen atoms in total. The predicted octanol–water partition coefficient (Wildman–Crippen LogP) is 2.87. The zero-order valence-corrected chi connectivity index (χ0v) is 10.7. The van der Waals surface area contributed by atoms with Crippen molar-refractivity contribution in [2.45, 2.75) is 64.8 Å². The lowest BCUT2D eigenvalue weighted by Crippen LogP contribution is -2.64. The minimum atomic E-state index is 0.148. The fourth-order valence-electron chi connectivity index (χ4n) is 5.96. The van der Waals surface area contributed by atoms with Crippen LogP contribution in [0.1, 0.15) is 59.3 Å². The molecule has 0 aliphatic heterocycles. The Balaban J connectivity index is 1.95. The van der Waals surface area contributed by atoms with Gasteiger partial charge in [0.25, 0.3) is 0 Å². The second-order valence-corrected chi connectivity index (χ2v) is 7.59. The zero-order chi connectivity index (χ0) is 11.6. The van der Waals surface area contributed by atoms with Gasteiger partial charge in [-0.25, -0.2) is 0 Å². The van der Waals surface area contributed by atoms with E-state index in [1.807, 2.05) is 0 Å². The smallest absolute Gasteiger partial charge is 0.217 e. The molecule has 0 radical (unpaired) electrons. The standard InChI is InChI=1S/C14H23NO/c1-10(16)15-14-6-11-4-12(2,8-14)7-13(3,5-11)9-14/h11H,4-9H2,1-3H3,(H,15,16)/t11?,12-,13-,14?/m1/s1. The minimum Gasteiger partial charge on any atom is -0.351 e. The summed E-state index contributed by atoms with van der Waals surface area (Å²) in [7, 11) is 0. The van der Waals surface area contributed by atoms with Gasteiger partial charge in [-0.15, -0.1) is 0 Å². The zero-order valence-electron chi connectivity index (χ0n) is 10.7. The van der Waals surface area contributed by atoms with Crippen molar-refractivity contribution in [2.24, 2.45) is 16.7 Å². The SMILES string of the molecule is CC(=O)NC12CC3C[C@@](C)(C1)C[C@@](C)(C3)C2. The van der Waals surface area contributed by atoms with Gasteiger partial charge in [-0.05, 0) is 55.3 Å². The highest BCUT2D eigenvalue weighted by atomic mass is 16.1. The highest BCUT2D eigenvalue weighted by Gasteiger charge is 2.60. The van der Waals surface area contributed by atoms with Gasteiger partial charge in [0, 0.05) is 12.5 Å². The molecular formula is C14H23NO. The molecule has 0 aromatic rings. The maximum absolute atomic E-state index is 11.4. The number of hydrogen-bond acceptors (Lipinski definition) is 1. The summed E-state index contributed by atoms with van der Waals surface area (Å²) in [6, 6.07) is 0. The molecule has 2 atom stereocenters. The summed E-state index contributed by atoms with van der Waals surface area (Å²) in [5, 5.41) is 3.30. The van der Waals surface area contributed by atoms with E-state index in [1.165, 1.54) is 38.5 Å². The number of nitrogens with one attached hydrogen (secondary N) is 1. The van der Waals surface area contributed by atoms with E-state index in [0.717, 1.165) is 5.92 Å². The Morgan fingerprint density at radius 2 is 1.62 bits per heavy atom. The second-order valence-electron chi connectivity index (χ2n) is 7.59. The Morgan fingerprint density at radius 3 is 2.06 bits per heavy atom. The molecule has 4 saturated carbocycles. The molecule has 4 bridgehead atoms. The van der Waals surface area contributed by atoms with Crippen LogP contribution >= 0.6 is 0 Å². The van der Waals surface area contributed by atoms with Crippen molar-refractivity contribution in [3.63, 3.8) is 0 Å². The molecule has 0 unspecified atom stereocenters. The summed E-state index contributed by atoms with van der Waals surface area (Å²) >= 11 is 0. The fraction of sp³-hybridized carbons (Fsp3) is 0.929. The van der Waals surface area contributed by atoms with Crippen molar-refractivity contribution in [3.05, 3.63) is 0 Å². The van der Waals surface area contributed by atoms with Crippen molar-refractivity contribution < 1.29 is 4.79 Å². The third kappa shape index (κ3) is 1.49. The topological polar surface area (TPSA) is 29.1 Å². The van der Waals surface area contributed by atoms with Crippen LogP contribution in [0.25, 0.3) is 0 Å². The lowest BCUT2D eigenvalue weighted by atomic mass is 9.43. The molecule has 2 heteroatoms. The number of carbonyl (C=O) groups is 1. The van der Waals surface area contributed by atoms with Gasteiger partial charge < -0.3 is 5.32 Å². The van der Waals surface area contributed by atoms with Crippen LogP contribution in [-0.4, -0.2) is 11.4 Å². The number of rotatable bonds is 1. The summed E-state index contributed by atoms with van der Waals surface area (Å²) < 4.78 is 0. The van der Waals surface area contributed by atoms with Gasteiger partial charge in [0.2, 0.25) is 5.91 Å². The molecule has 4 rings (SSSR count). The Kier molecular flexibility index (Phi) is 1.88. The van der Waals surface area contributed by atoms with Crippen LogP contribution in [0.2, 0.25) is 0 Å². The van der Waals surface area contributed by atoms with E-state index >= 15 is 0 Å². The number of carbonyl (C=O) groups excluding carboxylic acids is 1. The first kappa shape index (κ1) is 10.6. The highest BCUT2D eigenvalue weighted by Crippen LogP contribution is 2.66. The van der Waals surface area contributed by atoms with E-state index in [-0.39, 0.29) is 11.4 Å². The van der Waals surface area contributed by atoms with E-state index in [1.54, 1.807) is 6.92 Å². The molecule has 0 heterocycles. The average molecular weight is 221 g/mol. The van der Waals surface area contributed by atoms with Crippen molar-refractivity contribution in [3.8, 4) is 0 Å². The van der Waals surface area contributed by atoms with Gasteiger partial charge in [-0.1, -0.05) is 13.8 Å². The van der Waals surface area contributed by atoms with Crippen LogP contribution in [0.15, 0.2) is 0 Å². The third-order valence-corrected chi connectivity index (χ3v) is 5.07. The highest BCUT2D eigenvalue weighted by molar-refractivity contribution is 5.74. The monoisotopic (exact) mass is 221 g/mol. The van der Waals surface area contributed by atoms with E-state index < -0.39 is 0 Å². The minimum absolute atomic E-state index is 0.148. The summed E-state index contributed by atoms with van der Waals surface area (Å²) in [4.78, 5) is 11.4. The average Bonchev–Trinajstić information content (AvgIpc) is 1.91. The molecule has 4 aliphatic rings. The van der Waals surface area contributed by atoms with Gasteiger partial charge in [0.1, 0.15) is 0 Å². The van der Waals surface area contributed by atoms with Gasteiger partial charge in [0.05, 0.1) is 0 Å².